The van der Waals surface area contributed by atoms with Crippen LogP contribution in [0.5, 0.6) is 0 Å². The van der Waals surface area contributed by atoms with Crippen molar-refractivity contribution in [3.63, 3.8) is 0 Å². The van der Waals surface area contributed by atoms with Gasteiger partial charge in [-0.05, 0) is 12.3 Å². The standard InChI is InChI=1S/C9H15N3S/c1-8(10)7-12-9(11)5-3-2-4-6-13/h2-4,6-7,13H,5,10H2,1H3,(H2,11,12)/b3-2-,6-4-,8-7-. The smallest absolute Gasteiger partial charge is 0.103 e. The molecule has 0 saturated heterocycles. The van der Waals surface area contributed by atoms with Crippen molar-refractivity contribution in [1.82, 2.24) is 0 Å². The van der Waals surface area contributed by atoms with Crippen LogP contribution in [-0.2, 0) is 0 Å². The molecular formula is C9H15N3S. The van der Waals surface area contributed by atoms with E-state index in [9.17, 15) is 0 Å². The van der Waals surface area contributed by atoms with Gasteiger partial charge in [0.25, 0.3) is 0 Å². The fourth-order valence-corrected chi connectivity index (χ4v) is 0.654. The van der Waals surface area contributed by atoms with E-state index >= 15 is 0 Å². The summed E-state index contributed by atoms with van der Waals surface area (Å²) in [7, 11) is 0. The number of hydrogen-bond donors (Lipinski definition) is 3. The molecule has 0 amide bonds. The second kappa shape index (κ2) is 7.49. The fraction of sp³-hybridized carbons (Fsp3) is 0.222. The van der Waals surface area contributed by atoms with Gasteiger partial charge in [0.1, 0.15) is 5.84 Å². The Labute approximate surface area is 84.3 Å². The van der Waals surface area contributed by atoms with Gasteiger partial charge in [0.05, 0.1) is 0 Å². The van der Waals surface area contributed by atoms with E-state index in [1.165, 1.54) is 6.20 Å². The van der Waals surface area contributed by atoms with Gasteiger partial charge < -0.3 is 11.5 Å². The Morgan fingerprint density at radius 1 is 1.38 bits per heavy atom. The minimum absolute atomic E-state index is 0.536. The van der Waals surface area contributed by atoms with Crippen molar-refractivity contribution in [2.24, 2.45) is 16.5 Å². The molecule has 0 aromatic carbocycles. The number of thiol groups is 1. The molecule has 0 unspecified atom stereocenters. The van der Waals surface area contributed by atoms with E-state index in [4.69, 9.17) is 11.5 Å². The highest BCUT2D eigenvalue weighted by molar-refractivity contribution is 7.83. The molecule has 0 rings (SSSR count). The van der Waals surface area contributed by atoms with Crippen LogP contribution in [0.3, 0.4) is 0 Å². The van der Waals surface area contributed by atoms with Crippen LogP contribution in [0.1, 0.15) is 13.3 Å². The molecule has 0 spiro atoms. The van der Waals surface area contributed by atoms with Crippen LogP contribution in [-0.4, -0.2) is 5.84 Å². The molecule has 13 heavy (non-hydrogen) atoms. The van der Waals surface area contributed by atoms with Crippen LogP contribution in [0.2, 0.25) is 0 Å². The van der Waals surface area contributed by atoms with Gasteiger partial charge in [-0.25, -0.2) is 4.99 Å². The maximum atomic E-state index is 5.56. The number of rotatable bonds is 4. The molecule has 0 aromatic heterocycles. The summed E-state index contributed by atoms with van der Waals surface area (Å²) in [6.07, 6.45) is 7.71. The van der Waals surface area contributed by atoms with E-state index in [-0.39, 0.29) is 0 Å². The summed E-state index contributed by atoms with van der Waals surface area (Å²) in [6.45, 7) is 1.76. The molecule has 0 aliphatic rings. The van der Waals surface area contributed by atoms with Crippen molar-refractivity contribution in [3.05, 3.63) is 35.5 Å². The van der Waals surface area contributed by atoms with Gasteiger partial charge in [0.2, 0.25) is 0 Å². The third-order valence-corrected chi connectivity index (χ3v) is 1.27. The Kier molecular flexibility index (Phi) is 6.82. The van der Waals surface area contributed by atoms with Crippen molar-refractivity contribution in [2.75, 3.05) is 0 Å². The molecule has 0 heterocycles. The lowest BCUT2D eigenvalue weighted by atomic mass is 10.3. The largest absolute Gasteiger partial charge is 0.401 e. The highest BCUT2D eigenvalue weighted by Crippen LogP contribution is 1.88. The first-order valence-corrected chi connectivity index (χ1v) is 4.38. The molecule has 4 N–H and O–H groups in total. The van der Waals surface area contributed by atoms with Crippen LogP contribution in [0.25, 0.3) is 0 Å². The Balaban J connectivity index is 3.93. The summed E-state index contributed by atoms with van der Waals surface area (Å²) < 4.78 is 0. The van der Waals surface area contributed by atoms with Crippen LogP contribution in [0.15, 0.2) is 40.5 Å². The highest BCUT2D eigenvalue weighted by atomic mass is 32.1. The van der Waals surface area contributed by atoms with Crippen molar-refractivity contribution in [2.45, 2.75) is 13.3 Å². The molecule has 0 saturated carbocycles. The molecule has 0 aliphatic carbocycles. The second-order valence-electron chi connectivity index (χ2n) is 2.47. The quantitative estimate of drug-likeness (QED) is 0.277. The number of nitrogens with two attached hydrogens (primary N) is 2. The normalized spacial score (nSPS) is 14.6. The van der Waals surface area contributed by atoms with E-state index in [1.54, 1.807) is 18.4 Å². The molecule has 72 valence electrons. The predicted molar refractivity (Wildman–Crippen MR) is 61.4 cm³/mol. The van der Waals surface area contributed by atoms with Crippen LogP contribution >= 0.6 is 12.6 Å². The molecule has 3 nitrogen and oxygen atoms in total. The van der Waals surface area contributed by atoms with Gasteiger partial charge in [-0.3, -0.25) is 0 Å². The summed E-state index contributed by atoms with van der Waals surface area (Å²) in [5.74, 6) is 0.536. The first-order chi connectivity index (χ1) is 6.16. The van der Waals surface area contributed by atoms with Crippen molar-refractivity contribution in [3.8, 4) is 0 Å². The molecule has 0 atom stereocenters. The highest BCUT2D eigenvalue weighted by Gasteiger charge is 1.84. The monoisotopic (exact) mass is 197 g/mol. The summed E-state index contributed by atoms with van der Waals surface area (Å²) in [6, 6.07) is 0. The maximum Gasteiger partial charge on any atom is 0.103 e. The molecular weight excluding hydrogens is 182 g/mol. The van der Waals surface area contributed by atoms with Gasteiger partial charge in [-0.2, -0.15) is 12.6 Å². The molecule has 4 heteroatoms. The van der Waals surface area contributed by atoms with Crippen molar-refractivity contribution >= 4 is 18.5 Å². The third kappa shape index (κ3) is 8.75. The van der Waals surface area contributed by atoms with Gasteiger partial charge in [0.15, 0.2) is 0 Å². The lowest BCUT2D eigenvalue weighted by Gasteiger charge is -1.92. The van der Waals surface area contributed by atoms with Gasteiger partial charge >= 0.3 is 0 Å². The van der Waals surface area contributed by atoms with Gasteiger partial charge in [0, 0.05) is 18.3 Å². The lowest BCUT2D eigenvalue weighted by molar-refractivity contribution is 1.25. The molecule has 0 aromatic rings. The molecule has 0 bridgehead atoms. The lowest BCUT2D eigenvalue weighted by Crippen LogP contribution is -2.09. The maximum absolute atomic E-state index is 5.56. The van der Waals surface area contributed by atoms with E-state index in [0.29, 0.717) is 18.0 Å². The second-order valence-corrected chi connectivity index (χ2v) is 2.77. The van der Waals surface area contributed by atoms with Crippen molar-refractivity contribution < 1.29 is 0 Å². The Bertz CT molecular complexity index is 248. The van der Waals surface area contributed by atoms with Crippen LogP contribution in [0.4, 0.5) is 0 Å². The molecule has 0 aliphatic heterocycles. The van der Waals surface area contributed by atoms with E-state index < -0.39 is 0 Å². The Hall–Kier alpha value is -1.16. The number of aliphatic imine (C=N–C) groups is 1. The predicted octanol–water partition coefficient (Wildman–Crippen LogP) is 1.55. The number of hydrogen-bond acceptors (Lipinski definition) is 3. The topological polar surface area (TPSA) is 64.4 Å². The SMILES string of the molecule is C/C(N)=C/N=C(N)C/C=C\C=C/S. The Morgan fingerprint density at radius 3 is 2.62 bits per heavy atom. The Morgan fingerprint density at radius 2 is 2.08 bits per heavy atom. The summed E-state index contributed by atoms with van der Waals surface area (Å²) in [5, 5.41) is 1.65. The molecule has 0 radical (unpaired) electrons. The van der Waals surface area contributed by atoms with Gasteiger partial charge in [-0.1, -0.05) is 18.2 Å². The summed E-state index contributed by atoms with van der Waals surface area (Å²) in [5.41, 5.74) is 11.6. The number of nitrogens with zero attached hydrogens (tertiary/aromatic N) is 1. The average Bonchev–Trinajstić information content (AvgIpc) is 2.09. The minimum Gasteiger partial charge on any atom is -0.401 e. The molecule has 0 fully saturated rings. The first kappa shape index (κ1) is 11.8. The zero-order valence-corrected chi connectivity index (χ0v) is 8.54. The van der Waals surface area contributed by atoms with E-state index in [0.717, 1.165) is 0 Å². The van der Waals surface area contributed by atoms with E-state index in [1.807, 2.05) is 12.2 Å². The average molecular weight is 197 g/mol. The summed E-state index contributed by atoms with van der Waals surface area (Å²) >= 11 is 3.89. The van der Waals surface area contributed by atoms with E-state index in [2.05, 4.69) is 17.6 Å². The minimum atomic E-state index is 0.536. The summed E-state index contributed by atoms with van der Waals surface area (Å²) in [4.78, 5) is 3.93. The van der Waals surface area contributed by atoms with Crippen LogP contribution < -0.4 is 11.5 Å². The first-order valence-electron chi connectivity index (χ1n) is 3.87. The number of allylic oxidation sites excluding steroid dienone is 3. The fourth-order valence-electron chi connectivity index (χ4n) is 0.554. The zero-order valence-electron chi connectivity index (χ0n) is 7.64. The van der Waals surface area contributed by atoms with Crippen LogP contribution in [0, 0.1) is 0 Å². The van der Waals surface area contributed by atoms with Gasteiger partial charge in [-0.15, -0.1) is 0 Å². The third-order valence-electron chi connectivity index (χ3n) is 1.09. The zero-order chi connectivity index (χ0) is 10.1. The van der Waals surface area contributed by atoms with Crippen molar-refractivity contribution in [1.29, 1.82) is 0 Å². The number of amidine groups is 1.